The zero-order valence-corrected chi connectivity index (χ0v) is 10.3. The molecule has 0 radical (unpaired) electrons. The van der Waals surface area contributed by atoms with E-state index in [-0.39, 0.29) is 21.1 Å². The second-order valence-electron chi connectivity index (χ2n) is 2.54. The quantitative estimate of drug-likeness (QED) is 0.364. The molecule has 1 aromatic heterocycles. The van der Waals surface area contributed by atoms with Crippen LogP contribution in [0.4, 0.5) is 14.6 Å². The first-order chi connectivity index (χ1) is 6.97. The fraction of sp³-hybridized carbons (Fsp3) is 0.286. The maximum absolute atomic E-state index is 12.5. The highest BCUT2D eigenvalue weighted by Gasteiger charge is 2.24. The Morgan fingerprint density at radius 2 is 2.20 bits per heavy atom. The summed E-state index contributed by atoms with van der Waals surface area (Å²) in [6.07, 6.45) is -2.72. The Balaban J connectivity index is 3.37. The van der Waals surface area contributed by atoms with Crippen LogP contribution in [0.3, 0.4) is 0 Å². The van der Waals surface area contributed by atoms with E-state index in [0.29, 0.717) is 0 Å². The summed E-state index contributed by atoms with van der Waals surface area (Å²) in [6.45, 7) is 0. The van der Waals surface area contributed by atoms with Crippen molar-refractivity contribution < 1.29 is 13.7 Å². The lowest BCUT2D eigenvalue weighted by Crippen LogP contribution is -2.00. The van der Waals surface area contributed by atoms with Crippen molar-refractivity contribution in [2.45, 2.75) is 11.8 Å². The van der Waals surface area contributed by atoms with Crippen LogP contribution >= 0.6 is 31.9 Å². The Hall–Kier alpha value is -0.630. The molecule has 0 bridgehead atoms. The lowest BCUT2D eigenvalue weighted by atomic mass is 10.1. The molecule has 1 heterocycles. The molecule has 82 valence electrons. The van der Waals surface area contributed by atoms with Crippen molar-refractivity contribution in [3.63, 3.8) is 0 Å². The molecular formula is C7H4Br2F2N2O2. The highest BCUT2D eigenvalue weighted by Crippen LogP contribution is 2.32. The summed E-state index contributed by atoms with van der Waals surface area (Å²) in [7, 11) is 0. The van der Waals surface area contributed by atoms with Gasteiger partial charge < -0.3 is 10.1 Å². The highest BCUT2D eigenvalue weighted by molar-refractivity contribution is 9.10. The maximum Gasteiger partial charge on any atom is 0.364 e. The second kappa shape index (κ2) is 4.93. The molecule has 15 heavy (non-hydrogen) atoms. The van der Waals surface area contributed by atoms with Gasteiger partial charge in [-0.2, -0.15) is 0 Å². The fourth-order valence-electron chi connectivity index (χ4n) is 0.993. The van der Waals surface area contributed by atoms with Gasteiger partial charge in [0, 0.05) is 27.3 Å². The van der Waals surface area contributed by atoms with Gasteiger partial charge in [0.15, 0.2) is 0 Å². The summed E-state index contributed by atoms with van der Waals surface area (Å²) in [5, 5.41) is 10.5. The van der Waals surface area contributed by atoms with Crippen LogP contribution in [-0.2, 0) is 5.33 Å². The molecule has 0 N–H and O–H groups in total. The average molecular weight is 346 g/mol. The monoisotopic (exact) mass is 344 g/mol. The van der Waals surface area contributed by atoms with E-state index >= 15 is 0 Å². The van der Waals surface area contributed by atoms with Gasteiger partial charge in [-0.15, -0.1) is 0 Å². The molecule has 8 heteroatoms. The van der Waals surface area contributed by atoms with E-state index in [1.807, 2.05) is 0 Å². The van der Waals surface area contributed by atoms with Crippen molar-refractivity contribution in [1.29, 1.82) is 0 Å². The van der Waals surface area contributed by atoms with Gasteiger partial charge in [0.05, 0.1) is 5.56 Å². The molecule has 0 atom stereocenters. The first-order valence-electron chi connectivity index (χ1n) is 3.65. The molecule has 0 amide bonds. The molecule has 0 saturated carbocycles. The zero-order chi connectivity index (χ0) is 11.6. The van der Waals surface area contributed by atoms with E-state index in [0.717, 1.165) is 6.07 Å². The van der Waals surface area contributed by atoms with Crippen molar-refractivity contribution >= 4 is 37.7 Å². The number of nitro groups is 1. The standard InChI is InChI=1S/C7H4Br2F2N2O2/c8-2-3-1-4(13(14)15)12-6(9)5(3)7(10)11/h1,7H,2H2. The fourth-order valence-corrected chi connectivity index (χ4v) is 2.07. The number of alkyl halides is 3. The van der Waals surface area contributed by atoms with Crippen molar-refractivity contribution in [2.75, 3.05) is 0 Å². The van der Waals surface area contributed by atoms with Gasteiger partial charge in [0.2, 0.25) is 4.60 Å². The molecule has 1 aromatic rings. The number of rotatable bonds is 3. The van der Waals surface area contributed by atoms with Crippen molar-refractivity contribution in [1.82, 2.24) is 4.98 Å². The molecular weight excluding hydrogens is 342 g/mol. The maximum atomic E-state index is 12.5. The summed E-state index contributed by atoms with van der Waals surface area (Å²) in [6, 6.07) is 1.03. The number of nitrogens with zero attached hydrogens (tertiary/aromatic N) is 2. The third kappa shape index (κ3) is 2.69. The molecule has 0 unspecified atom stereocenters. The molecule has 0 saturated heterocycles. The Morgan fingerprint density at radius 3 is 2.60 bits per heavy atom. The Kier molecular flexibility index (Phi) is 4.09. The normalized spacial score (nSPS) is 10.7. The molecule has 0 aliphatic heterocycles. The summed E-state index contributed by atoms with van der Waals surface area (Å²) < 4.78 is 24.9. The van der Waals surface area contributed by atoms with Crippen LogP contribution in [-0.4, -0.2) is 9.91 Å². The molecule has 0 aromatic carbocycles. The molecule has 0 spiro atoms. The van der Waals surface area contributed by atoms with Gasteiger partial charge in [0.25, 0.3) is 6.43 Å². The number of aromatic nitrogens is 1. The van der Waals surface area contributed by atoms with Crippen LogP contribution in [0.25, 0.3) is 0 Å². The third-order valence-electron chi connectivity index (χ3n) is 1.63. The first-order valence-corrected chi connectivity index (χ1v) is 5.56. The van der Waals surface area contributed by atoms with Gasteiger partial charge in [-0.1, -0.05) is 15.9 Å². The minimum atomic E-state index is -2.72. The van der Waals surface area contributed by atoms with Gasteiger partial charge in [-0.05, 0) is 15.5 Å². The minimum Gasteiger partial charge on any atom is -0.358 e. The Labute approximate surface area is 100 Å². The van der Waals surface area contributed by atoms with E-state index in [9.17, 15) is 18.9 Å². The second-order valence-corrected chi connectivity index (χ2v) is 3.85. The van der Waals surface area contributed by atoms with Crippen LogP contribution in [0.5, 0.6) is 0 Å². The molecule has 4 nitrogen and oxygen atoms in total. The predicted molar refractivity (Wildman–Crippen MR) is 56.2 cm³/mol. The largest absolute Gasteiger partial charge is 0.364 e. The van der Waals surface area contributed by atoms with Gasteiger partial charge in [-0.3, -0.25) is 0 Å². The number of hydrogen-bond donors (Lipinski definition) is 0. The van der Waals surface area contributed by atoms with Crippen LogP contribution < -0.4 is 0 Å². The van der Waals surface area contributed by atoms with E-state index < -0.39 is 17.2 Å². The number of hydrogen-bond acceptors (Lipinski definition) is 3. The average Bonchev–Trinajstić information content (AvgIpc) is 2.15. The summed E-state index contributed by atoms with van der Waals surface area (Å²) in [4.78, 5) is 13.1. The zero-order valence-electron chi connectivity index (χ0n) is 7.08. The van der Waals surface area contributed by atoms with E-state index in [1.54, 1.807) is 0 Å². The minimum absolute atomic E-state index is 0.106. The van der Waals surface area contributed by atoms with Crippen LogP contribution in [0.15, 0.2) is 10.7 Å². The van der Waals surface area contributed by atoms with Crippen LogP contribution in [0.1, 0.15) is 17.6 Å². The van der Waals surface area contributed by atoms with E-state index in [2.05, 4.69) is 36.8 Å². The summed E-state index contributed by atoms with van der Waals surface area (Å²) in [5.41, 5.74) is -0.170. The van der Waals surface area contributed by atoms with Crippen molar-refractivity contribution in [3.05, 3.63) is 31.9 Å². The molecule has 0 aliphatic rings. The third-order valence-corrected chi connectivity index (χ3v) is 2.84. The SMILES string of the molecule is O=[N+]([O-])c1cc(CBr)c(C(F)F)c(Br)n1. The smallest absolute Gasteiger partial charge is 0.358 e. The summed E-state index contributed by atoms with van der Waals surface area (Å²) in [5.74, 6) is -0.458. The van der Waals surface area contributed by atoms with Crippen molar-refractivity contribution in [3.8, 4) is 0 Å². The first kappa shape index (κ1) is 12.4. The van der Waals surface area contributed by atoms with Gasteiger partial charge in [-0.25, -0.2) is 8.78 Å². The highest BCUT2D eigenvalue weighted by atomic mass is 79.9. The van der Waals surface area contributed by atoms with Gasteiger partial charge >= 0.3 is 5.82 Å². The van der Waals surface area contributed by atoms with Gasteiger partial charge in [0.1, 0.15) is 0 Å². The lowest BCUT2D eigenvalue weighted by molar-refractivity contribution is -0.389. The van der Waals surface area contributed by atoms with E-state index in [4.69, 9.17) is 0 Å². The Morgan fingerprint density at radius 1 is 1.60 bits per heavy atom. The Bertz CT molecular complexity index is 401. The predicted octanol–water partition coefficient (Wildman–Crippen LogP) is 3.58. The number of halogens is 4. The molecule has 0 aliphatic carbocycles. The topological polar surface area (TPSA) is 56.0 Å². The van der Waals surface area contributed by atoms with Crippen LogP contribution in [0.2, 0.25) is 0 Å². The van der Waals surface area contributed by atoms with E-state index in [1.165, 1.54) is 0 Å². The number of pyridine rings is 1. The lowest BCUT2D eigenvalue weighted by Gasteiger charge is -2.05. The molecule has 0 fully saturated rings. The molecule has 1 rings (SSSR count). The van der Waals surface area contributed by atoms with Crippen LogP contribution in [0, 0.1) is 10.1 Å². The summed E-state index contributed by atoms with van der Waals surface area (Å²) >= 11 is 5.78. The van der Waals surface area contributed by atoms with Crippen molar-refractivity contribution in [2.24, 2.45) is 0 Å².